The Kier molecular flexibility index (Phi) is 3.49. The van der Waals surface area contributed by atoms with E-state index < -0.39 is 0 Å². The summed E-state index contributed by atoms with van der Waals surface area (Å²) >= 11 is 0. The lowest BCUT2D eigenvalue weighted by molar-refractivity contribution is 0.816. The zero-order chi connectivity index (χ0) is 12.3. The zero-order valence-electron chi connectivity index (χ0n) is 10.2. The summed E-state index contributed by atoms with van der Waals surface area (Å²) in [5.41, 5.74) is 8.79. The highest BCUT2D eigenvalue weighted by molar-refractivity contribution is 5.55. The maximum absolute atomic E-state index is 5.57. The number of benzene rings is 1. The van der Waals surface area contributed by atoms with Gasteiger partial charge >= 0.3 is 0 Å². The van der Waals surface area contributed by atoms with Crippen LogP contribution in [0.2, 0.25) is 0 Å². The van der Waals surface area contributed by atoms with E-state index in [0.29, 0.717) is 12.5 Å². The second-order valence-electron chi connectivity index (χ2n) is 4.36. The lowest BCUT2D eigenvalue weighted by atomic mass is 10.1. The van der Waals surface area contributed by atoms with Crippen LogP contribution in [-0.4, -0.2) is 9.97 Å². The van der Waals surface area contributed by atoms with Gasteiger partial charge in [0, 0.05) is 24.0 Å². The van der Waals surface area contributed by atoms with E-state index in [-0.39, 0.29) is 0 Å². The number of hydrogen-bond donors (Lipinski definition) is 1. The molecule has 0 radical (unpaired) electrons. The highest BCUT2D eigenvalue weighted by Gasteiger charge is 2.05. The molecular weight excluding hydrogens is 210 g/mol. The van der Waals surface area contributed by atoms with Crippen molar-refractivity contribution < 1.29 is 0 Å². The molecule has 0 unspecified atom stereocenters. The van der Waals surface area contributed by atoms with Crippen molar-refractivity contribution in [2.45, 2.75) is 26.3 Å². The average Bonchev–Trinajstić information content (AvgIpc) is 2.39. The Morgan fingerprint density at radius 2 is 1.82 bits per heavy atom. The fourth-order valence-corrected chi connectivity index (χ4v) is 1.62. The molecule has 1 aromatic carbocycles. The van der Waals surface area contributed by atoms with Crippen LogP contribution in [0.15, 0.2) is 36.5 Å². The molecule has 1 aromatic heterocycles. The van der Waals surface area contributed by atoms with Crippen molar-refractivity contribution >= 4 is 0 Å². The molecule has 3 heteroatoms. The third kappa shape index (κ3) is 2.68. The van der Waals surface area contributed by atoms with Crippen LogP contribution < -0.4 is 5.73 Å². The number of nitrogens with zero attached hydrogens (tertiary/aromatic N) is 2. The van der Waals surface area contributed by atoms with E-state index >= 15 is 0 Å². The standard InChI is InChI=1S/C14H17N3/c1-10(2)13-7-8-16-14(17-13)12-5-3-11(9-15)4-6-12/h3-8,10H,9,15H2,1-2H3. The topological polar surface area (TPSA) is 51.8 Å². The van der Waals surface area contributed by atoms with Crippen LogP contribution >= 0.6 is 0 Å². The van der Waals surface area contributed by atoms with E-state index in [1.807, 2.05) is 36.5 Å². The van der Waals surface area contributed by atoms with Gasteiger partial charge in [0.1, 0.15) is 0 Å². The quantitative estimate of drug-likeness (QED) is 0.877. The predicted molar refractivity (Wildman–Crippen MR) is 69.4 cm³/mol. The van der Waals surface area contributed by atoms with Crippen molar-refractivity contribution in [2.75, 3.05) is 0 Å². The van der Waals surface area contributed by atoms with E-state index in [1.54, 1.807) is 0 Å². The SMILES string of the molecule is CC(C)c1ccnc(-c2ccc(CN)cc2)n1. The summed E-state index contributed by atoms with van der Waals surface area (Å²) in [5.74, 6) is 1.19. The first-order valence-electron chi connectivity index (χ1n) is 5.83. The van der Waals surface area contributed by atoms with Gasteiger partial charge in [0.05, 0.1) is 0 Å². The second kappa shape index (κ2) is 5.06. The van der Waals surface area contributed by atoms with E-state index in [0.717, 1.165) is 22.6 Å². The molecule has 0 amide bonds. The summed E-state index contributed by atoms with van der Waals surface area (Å²) in [4.78, 5) is 8.86. The van der Waals surface area contributed by atoms with Gasteiger partial charge in [0.25, 0.3) is 0 Å². The van der Waals surface area contributed by atoms with Crippen LogP contribution in [-0.2, 0) is 6.54 Å². The van der Waals surface area contributed by atoms with Crippen LogP contribution in [0.4, 0.5) is 0 Å². The molecule has 88 valence electrons. The molecule has 0 atom stereocenters. The number of aromatic nitrogens is 2. The first-order valence-corrected chi connectivity index (χ1v) is 5.83. The summed E-state index contributed by atoms with van der Waals surface area (Å²) in [6.07, 6.45) is 1.81. The summed E-state index contributed by atoms with van der Waals surface area (Å²) in [7, 11) is 0. The van der Waals surface area contributed by atoms with Crippen LogP contribution in [0.5, 0.6) is 0 Å². The van der Waals surface area contributed by atoms with Crippen molar-refractivity contribution in [2.24, 2.45) is 5.73 Å². The fourth-order valence-electron chi connectivity index (χ4n) is 1.62. The molecule has 0 bridgehead atoms. The van der Waals surface area contributed by atoms with E-state index in [4.69, 9.17) is 5.73 Å². The van der Waals surface area contributed by atoms with Crippen molar-refractivity contribution in [3.05, 3.63) is 47.8 Å². The summed E-state index contributed by atoms with van der Waals surface area (Å²) in [5, 5.41) is 0. The number of nitrogens with two attached hydrogens (primary N) is 1. The summed E-state index contributed by atoms with van der Waals surface area (Å²) < 4.78 is 0. The van der Waals surface area contributed by atoms with Crippen LogP contribution in [0.25, 0.3) is 11.4 Å². The Morgan fingerprint density at radius 3 is 2.41 bits per heavy atom. The Bertz CT molecular complexity index is 489. The molecule has 0 aliphatic rings. The minimum Gasteiger partial charge on any atom is -0.326 e. The van der Waals surface area contributed by atoms with Crippen molar-refractivity contribution in [3.8, 4) is 11.4 Å². The maximum Gasteiger partial charge on any atom is 0.159 e. The first-order chi connectivity index (χ1) is 8.20. The minimum atomic E-state index is 0.417. The summed E-state index contributed by atoms with van der Waals surface area (Å²) in [6.45, 7) is 4.82. The second-order valence-corrected chi connectivity index (χ2v) is 4.36. The number of rotatable bonds is 3. The molecule has 17 heavy (non-hydrogen) atoms. The molecule has 0 aliphatic heterocycles. The third-order valence-corrected chi connectivity index (χ3v) is 2.72. The van der Waals surface area contributed by atoms with E-state index in [1.165, 1.54) is 0 Å². The van der Waals surface area contributed by atoms with Crippen LogP contribution in [0.1, 0.15) is 31.0 Å². The molecular formula is C14H17N3. The highest BCUT2D eigenvalue weighted by atomic mass is 14.9. The molecule has 1 heterocycles. The normalized spacial score (nSPS) is 10.8. The van der Waals surface area contributed by atoms with Crippen molar-refractivity contribution in [1.29, 1.82) is 0 Å². The first kappa shape index (κ1) is 11.7. The Balaban J connectivity index is 2.35. The average molecular weight is 227 g/mol. The molecule has 2 rings (SSSR count). The van der Waals surface area contributed by atoms with Crippen molar-refractivity contribution in [3.63, 3.8) is 0 Å². The van der Waals surface area contributed by atoms with Gasteiger partial charge in [-0.3, -0.25) is 0 Å². The molecule has 2 aromatic rings. The molecule has 0 saturated heterocycles. The van der Waals surface area contributed by atoms with Crippen LogP contribution in [0.3, 0.4) is 0 Å². The van der Waals surface area contributed by atoms with E-state index in [2.05, 4.69) is 23.8 Å². The van der Waals surface area contributed by atoms with E-state index in [9.17, 15) is 0 Å². The Hall–Kier alpha value is -1.74. The molecule has 0 saturated carbocycles. The minimum absolute atomic E-state index is 0.417. The lowest BCUT2D eigenvalue weighted by Gasteiger charge is -2.06. The van der Waals surface area contributed by atoms with Gasteiger partial charge in [-0.25, -0.2) is 9.97 Å². The lowest BCUT2D eigenvalue weighted by Crippen LogP contribution is -1.98. The predicted octanol–water partition coefficient (Wildman–Crippen LogP) is 2.73. The van der Waals surface area contributed by atoms with Gasteiger partial charge < -0.3 is 5.73 Å². The van der Waals surface area contributed by atoms with Crippen LogP contribution in [0, 0.1) is 0 Å². The van der Waals surface area contributed by atoms with Crippen molar-refractivity contribution in [1.82, 2.24) is 9.97 Å². The smallest absolute Gasteiger partial charge is 0.159 e. The fraction of sp³-hybridized carbons (Fsp3) is 0.286. The van der Waals surface area contributed by atoms with Gasteiger partial charge in [-0.15, -0.1) is 0 Å². The van der Waals surface area contributed by atoms with Gasteiger partial charge in [-0.2, -0.15) is 0 Å². The molecule has 0 aliphatic carbocycles. The monoisotopic (exact) mass is 227 g/mol. The van der Waals surface area contributed by atoms with Gasteiger partial charge in [-0.1, -0.05) is 38.1 Å². The Labute approximate surface area is 102 Å². The largest absolute Gasteiger partial charge is 0.326 e. The highest BCUT2D eigenvalue weighted by Crippen LogP contribution is 2.18. The number of hydrogen-bond acceptors (Lipinski definition) is 3. The molecule has 2 N–H and O–H groups in total. The van der Waals surface area contributed by atoms with Gasteiger partial charge in [0.2, 0.25) is 0 Å². The van der Waals surface area contributed by atoms with Gasteiger partial charge in [-0.05, 0) is 17.5 Å². The Morgan fingerprint density at radius 1 is 1.12 bits per heavy atom. The van der Waals surface area contributed by atoms with Gasteiger partial charge in [0.15, 0.2) is 5.82 Å². The maximum atomic E-state index is 5.57. The molecule has 0 spiro atoms. The molecule has 3 nitrogen and oxygen atoms in total. The summed E-state index contributed by atoms with van der Waals surface area (Å²) in [6, 6.07) is 10.0. The zero-order valence-corrected chi connectivity index (χ0v) is 10.2. The molecule has 0 fully saturated rings. The third-order valence-electron chi connectivity index (χ3n) is 2.72.